The standard InChI is InChI=1S/C13H12N4O3/c1-8-11(3-2-4-12(8)17(19)20)16-13(18)9-5-6-15-7-10(9)14/h2-7H,14H2,1H3,(H,16,18). The Bertz CT molecular complexity index is 685. The van der Waals surface area contributed by atoms with Crippen molar-refractivity contribution in [3.8, 4) is 0 Å². The largest absolute Gasteiger partial charge is 0.397 e. The zero-order valence-electron chi connectivity index (χ0n) is 10.7. The van der Waals surface area contributed by atoms with E-state index in [4.69, 9.17) is 5.73 Å². The average molecular weight is 272 g/mol. The molecule has 2 rings (SSSR count). The third-order valence-electron chi connectivity index (χ3n) is 2.85. The smallest absolute Gasteiger partial charge is 0.274 e. The number of hydrogen-bond donors (Lipinski definition) is 2. The highest BCUT2D eigenvalue weighted by Crippen LogP contribution is 2.25. The lowest BCUT2D eigenvalue weighted by atomic mass is 10.1. The molecule has 102 valence electrons. The van der Waals surface area contributed by atoms with Crippen molar-refractivity contribution in [3.05, 3.63) is 57.9 Å². The van der Waals surface area contributed by atoms with E-state index in [-0.39, 0.29) is 16.9 Å². The molecule has 1 amide bonds. The molecule has 0 aliphatic rings. The Morgan fingerprint density at radius 1 is 1.40 bits per heavy atom. The molecule has 0 fully saturated rings. The summed E-state index contributed by atoms with van der Waals surface area (Å²) in [6, 6.07) is 5.97. The van der Waals surface area contributed by atoms with Gasteiger partial charge in [0, 0.05) is 12.3 Å². The third-order valence-corrected chi connectivity index (χ3v) is 2.85. The van der Waals surface area contributed by atoms with Gasteiger partial charge in [-0.2, -0.15) is 0 Å². The minimum Gasteiger partial charge on any atom is -0.397 e. The van der Waals surface area contributed by atoms with Crippen LogP contribution in [0.15, 0.2) is 36.7 Å². The quantitative estimate of drug-likeness (QED) is 0.656. The van der Waals surface area contributed by atoms with Gasteiger partial charge in [0.1, 0.15) is 0 Å². The van der Waals surface area contributed by atoms with Crippen LogP contribution in [0.25, 0.3) is 0 Å². The van der Waals surface area contributed by atoms with Crippen LogP contribution in [0.3, 0.4) is 0 Å². The molecule has 3 N–H and O–H groups in total. The van der Waals surface area contributed by atoms with E-state index >= 15 is 0 Å². The van der Waals surface area contributed by atoms with Crippen LogP contribution in [-0.4, -0.2) is 15.8 Å². The molecule has 2 aromatic rings. The van der Waals surface area contributed by atoms with E-state index in [0.717, 1.165) is 0 Å². The number of amides is 1. The molecule has 0 aliphatic heterocycles. The SMILES string of the molecule is Cc1c(NC(=O)c2ccncc2N)cccc1[N+](=O)[O-]. The Hall–Kier alpha value is -2.96. The lowest BCUT2D eigenvalue weighted by Crippen LogP contribution is -2.15. The number of nitrogens with zero attached hydrogens (tertiary/aromatic N) is 2. The Morgan fingerprint density at radius 3 is 2.80 bits per heavy atom. The molecule has 1 heterocycles. The van der Waals surface area contributed by atoms with Crippen molar-refractivity contribution < 1.29 is 9.72 Å². The van der Waals surface area contributed by atoms with Crippen molar-refractivity contribution >= 4 is 23.0 Å². The van der Waals surface area contributed by atoms with Crippen LogP contribution in [0, 0.1) is 17.0 Å². The number of carbonyl (C=O) groups excluding carboxylic acids is 1. The number of nitro benzene ring substituents is 1. The summed E-state index contributed by atoms with van der Waals surface area (Å²) in [5.41, 5.74) is 6.89. The maximum atomic E-state index is 12.1. The Morgan fingerprint density at radius 2 is 2.15 bits per heavy atom. The zero-order valence-corrected chi connectivity index (χ0v) is 10.7. The van der Waals surface area contributed by atoms with Crippen molar-refractivity contribution in [1.29, 1.82) is 0 Å². The number of benzene rings is 1. The third kappa shape index (κ3) is 2.56. The second-order valence-electron chi connectivity index (χ2n) is 4.12. The molecule has 7 nitrogen and oxygen atoms in total. The molecule has 0 radical (unpaired) electrons. The van der Waals surface area contributed by atoms with E-state index in [1.807, 2.05) is 0 Å². The lowest BCUT2D eigenvalue weighted by Gasteiger charge is -2.09. The topological polar surface area (TPSA) is 111 Å². The molecule has 0 unspecified atom stereocenters. The number of carbonyl (C=O) groups is 1. The summed E-state index contributed by atoms with van der Waals surface area (Å²) in [5.74, 6) is -0.437. The van der Waals surface area contributed by atoms with Gasteiger partial charge in [-0.25, -0.2) is 0 Å². The summed E-state index contributed by atoms with van der Waals surface area (Å²) in [6.45, 7) is 1.57. The van der Waals surface area contributed by atoms with Gasteiger partial charge in [-0.1, -0.05) is 6.07 Å². The molecule has 0 atom stereocenters. The van der Waals surface area contributed by atoms with Gasteiger partial charge >= 0.3 is 0 Å². The monoisotopic (exact) mass is 272 g/mol. The fourth-order valence-corrected chi connectivity index (χ4v) is 1.76. The predicted molar refractivity (Wildman–Crippen MR) is 74.4 cm³/mol. The number of nitrogen functional groups attached to an aromatic ring is 1. The minimum absolute atomic E-state index is 0.0505. The molecular formula is C13H12N4O3. The first-order chi connectivity index (χ1) is 9.50. The first-order valence-electron chi connectivity index (χ1n) is 5.75. The highest BCUT2D eigenvalue weighted by molar-refractivity contribution is 6.08. The number of nitrogens with one attached hydrogen (secondary N) is 1. The molecule has 1 aromatic heterocycles. The normalized spacial score (nSPS) is 10.1. The number of rotatable bonds is 3. The summed E-state index contributed by atoms with van der Waals surface area (Å²) in [6.07, 6.45) is 2.82. The van der Waals surface area contributed by atoms with Crippen molar-refractivity contribution in [2.45, 2.75) is 6.92 Å². The van der Waals surface area contributed by atoms with E-state index in [1.54, 1.807) is 13.0 Å². The molecule has 0 saturated heterocycles. The van der Waals surface area contributed by atoms with Crippen molar-refractivity contribution in [2.75, 3.05) is 11.1 Å². The van der Waals surface area contributed by atoms with Crippen LogP contribution >= 0.6 is 0 Å². The number of anilines is 2. The van der Waals surface area contributed by atoms with Gasteiger partial charge in [-0.05, 0) is 19.1 Å². The molecule has 0 bridgehead atoms. The van der Waals surface area contributed by atoms with Crippen molar-refractivity contribution in [1.82, 2.24) is 4.98 Å². The van der Waals surface area contributed by atoms with Gasteiger partial charge in [-0.3, -0.25) is 19.9 Å². The molecule has 0 saturated carbocycles. The molecule has 20 heavy (non-hydrogen) atoms. The van der Waals surface area contributed by atoms with E-state index in [9.17, 15) is 14.9 Å². The summed E-state index contributed by atoms with van der Waals surface area (Å²) in [7, 11) is 0. The number of aromatic nitrogens is 1. The number of nitro groups is 1. The van der Waals surface area contributed by atoms with Gasteiger partial charge in [0.2, 0.25) is 0 Å². The van der Waals surface area contributed by atoms with E-state index in [2.05, 4.69) is 10.3 Å². The number of hydrogen-bond acceptors (Lipinski definition) is 5. The highest BCUT2D eigenvalue weighted by Gasteiger charge is 2.16. The summed E-state index contributed by atoms with van der Waals surface area (Å²) < 4.78 is 0. The predicted octanol–water partition coefficient (Wildman–Crippen LogP) is 2.13. The fourth-order valence-electron chi connectivity index (χ4n) is 1.76. The maximum absolute atomic E-state index is 12.1. The van der Waals surface area contributed by atoms with Gasteiger partial charge < -0.3 is 11.1 Å². The number of pyridine rings is 1. The van der Waals surface area contributed by atoms with E-state index < -0.39 is 10.8 Å². The molecular weight excluding hydrogens is 260 g/mol. The molecule has 0 aliphatic carbocycles. The maximum Gasteiger partial charge on any atom is 0.274 e. The van der Waals surface area contributed by atoms with Crippen LogP contribution < -0.4 is 11.1 Å². The van der Waals surface area contributed by atoms with Gasteiger partial charge in [0.15, 0.2) is 0 Å². The average Bonchev–Trinajstić information content (AvgIpc) is 2.41. The minimum atomic E-state index is -0.494. The Kier molecular flexibility index (Phi) is 3.60. The second-order valence-corrected chi connectivity index (χ2v) is 4.12. The van der Waals surface area contributed by atoms with E-state index in [1.165, 1.54) is 30.6 Å². The summed E-state index contributed by atoms with van der Waals surface area (Å²) in [5, 5.41) is 13.5. The molecule has 7 heteroatoms. The van der Waals surface area contributed by atoms with E-state index in [0.29, 0.717) is 11.3 Å². The molecule has 0 spiro atoms. The Balaban J connectivity index is 2.32. The highest BCUT2D eigenvalue weighted by atomic mass is 16.6. The number of nitrogens with two attached hydrogens (primary N) is 1. The lowest BCUT2D eigenvalue weighted by molar-refractivity contribution is -0.385. The summed E-state index contributed by atoms with van der Waals surface area (Å²) >= 11 is 0. The first-order valence-corrected chi connectivity index (χ1v) is 5.75. The fraction of sp³-hybridized carbons (Fsp3) is 0.0769. The first kappa shape index (κ1) is 13.5. The zero-order chi connectivity index (χ0) is 14.7. The second kappa shape index (κ2) is 5.35. The van der Waals surface area contributed by atoms with Crippen LogP contribution in [-0.2, 0) is 0 Å². The van der Waals surface area contributed by atoms with Gasteiger partial charge in [0.05, 0.1) is 33.6 Å². The van der Waals surface area contributed by atoms with Crippen LogP contribution in [0.2, 0.25) is 0 Å². The van der Waals surface area contributed by atoms with Crippen LogP contribution in [0.1, 0.15) is 15.9 Å². The van der Waals surface area contributed by atoms with Crippen molar-refractivity contribution in [2.24, 2.45) is 0 Å². The van der Waals surface area contributed by atoms with Gasteiger partial charge in [0.25, 0.3) is 11.6 Å². The van der Waals surface area contributed by atoms with Crippen LogP contribution in [0.4, 0.5) is 17.1 Å². The summed E-state index contributed by atoms with van der Waals surface area (Å²) in [4.78, 5) is 26.2. The van der Waals surface area contributed by atoms with Gasteiger partial charge in [-0.15, -0.1) is 0 Å². The van der Waals surface area contributed by atoms with Crippen LogP contribution in [0.5, 0.6) is 0 Å². The Labute approximate surface area is 114 Å². The molecule has 1 aromatic carbocycles. The van der Waals surface area contributed by atoms with Crippen molar-refractivity contribution in [3.63, 3.8) is 0 Å².